The van der Waals surface area contributed by atoms with Crippen molar-refractivity contribution in [2.24, 2.45) is 5.92 Å². The Morgan fingerprint density at radius 3 is 2.88 bits per heavy atom. The summed E-state index contributed by atoms with van der Waals surface area (Å²) in [6, 6.07) is 0. The third-order valence-corrected chi connectivity index (χ3v) is 5.28. The number of ether oxygens (including phenoxy) is 1. The molecule has 0 aromatic carbocycles. The molecule has 1 aromatic rings. The third kappa shape index (κ3) is 4.09. The molecule has 1 atom stereocenters. The number of imidazole rings is 1. The van der Waals surface area contributed by atoms with Gasteiger partial charge in [0.15, 0.2) is 5.82 Å². The second-order valence-electron chi connectivity index (χ2n) is 7.44. The van der Waals surface area contributed by atoms with Gasteiger partial charge in [-0.3, -0.25) is 9.59 Å². The average Bonchev–Trinajstić information content (AvgIpc) is 3.04. The van der Waals surface area contributed by atoms with E-state index in [1.807, 2.05) is 9.47 Å². The van der Waals surface area contributed by atoms with E-state index in [0.29, 0.717) is 30.6 Å². The van der Waals surface area contributed by atoms with Gasteiger partial charge in [-0.2, -0.15) is 0 Å². The molecule has 3 heterocycles. The summed E-state index contributed by atoms with van der Waals surface area (Å²) in [4.78, 5) is 32.1. The molecule has 1 fully saturated rings. The van der Waals surface area contributed by atoms with Crippen LogP contribution in [0.15, 0.2) is 0 Å². The molecule has 26 heavy (non-hydrogen) atoms. The predicted octanol–water partition coefficient (Wildman–Crippen LogP) is 1.86. The normalized spacial score (nSPS) is 19.9. The van der Waals surface area contributed by atoms with Gasteiger partial charge in [-0.25, -0.2) is 4.98 Å². The first-order valence-electron chi connectivity index (χ1n) is 9.77. The van der Waals surface area contributed by atoms with Gasteiger partial charge in [0.25, 0.3) is 11.8 Å². The molecule has 2 aliphatic heterocycles. The number of hydrogen-bond acceptors (Lipinski definition) is 4. The van der Waals surface area contributed by atoms with Crippen LogP contribution in [-0.4, -0.2) is 59.6 Å². The summed E-state index contributed by atoms with van der Waals surface area (Å²) < 4.78 is 6.96. The number of likely N-dealkylation sites (tertiary alicyclic amines) is 1. The number of nitrogens with zero attached hydrogens (tertiary/aromatic N) is 3. The van der Waals surface area contributed by atoms with Gasteiger partial charge < -0.3 is 19.5 Å². The average molecular weight is 362 g/mol. The number of methoxy groups -OCH3 is 1. The van der Waals surface area contributed by atoms with Crippen molar-refractivity contribution in [3.05, 3.63) is 17.2 Å². The number of rotatable bonds is 6. The van der Waals surface area contributed by atoms with Crippen molar-refractivity contribution in [1.29, 1.82) is 0 Å². The Labute approximate surface area is 155 Å². The fraction of sp³-hybridized carbons (Fsp3) is 0.737. The highest BCUT2D eigenvalue weighted by molar-refractivity contribution is 5.97. The van der Waals surface area contributed by atoms with E-state index in [0.717, 1.165) is 57.4 Å². The summed E-state index contributed by atoms with van der Waals surface area (Å²) in [6.07, 6.45) is 5.83. The summed E-state index contributed by atoms with van der Waals surface area (Å²) in [5, 5.41) is 2.90. The molecule has 1 N–H and O–H groups in total. The number of carbonyl (C=O) groups excluding carboxylic acids is 2. The lowest BCUT2D eigenvalue weighted by atomic mass is 9.99. The number of aromatic nitrogens is 2. The zero-order valence-electron chi connectivity index (χ0n) is 15.9. The lowest BCUT2D eigenvalue weighted by Gasteiger charge is -2.30. The number of amides is 2. The number of hydrogen-bond donors (Lipinski definition) is 1. The van der Waals surface area contributed by atoms with Gasteiger partial charge >= 0.3 is 0 Å². The molecule has 2 aliphatic rings. The highest BCUT2D eigenvalue weighted by Gasteiger charge is 2.31. The number of carbonyl (C=O) groups is 2. The van der Waals surface area contributed by atoms with Gasteiger partial charge in [-0.1, -0.05) is 6.92 Å². The van der Waals surface area contributed by atoms with Crippen LogP contribution in [-0.2, 0) is 17.7 Å². The van der Waals surface area contributed by atoms with E-state index in [2.05, 4.69) is 17.2 Å². The first-order chi connectivity index (χ1) is 12.6. The zero-order valence-corrected chi connectivity index (χ0v) is 15.9. The summed E-state index contributed by atoms with van der Waals surface area (Å²) in [7, 11) is 1.64. The summed E-state index contributed by atoms with van der Waals surface area (Å²) in [5.74, 6) is 0.691. The lowest BCUT2D eigenvalue weighted by molar-refractivity contribution is 0.0676. The van der Waals surface area contributed by atoms with Crippen molar-refractivity contribution in [3.8, 4) is 0 Å². The van der Waals surface area contributed by atoms with Gasteiger partial charge in [0, 0.05) is 39.9 Å². The Kier molecular flexibility index (Phi) is 6.29. The van der Waals surface area contributed by atoms with E-state index in [9.17, 15) is 9.59 Å². The predicted molar refractivity (Wildman–Crippen MR) is 98.3 cm³/mol. The van der Waals surface area contributed by atoms with Crippen LogP contribution >= 0.6 is 0 Å². The second-order valence-corrected chi connectivity index (χ2v) is 7.44. The molecule has 0 saturated carbocycles. The van der Waals surface area contributed by atoms with Crippen LogP contribution in [0.5, 0.6) is 0 Å². The number of nitrogens with one attached hydrogen (secondary N) is 1. The maximum Gasteiger partial charge on any atom is 0.287 e. The monoisotopic (exact) mass is 362 g/mol. The molecular formula is C19H30N4O3. The van der Waals surface area contributed by atoms with Gasteiger partial charge in [0.2, 0.25) is 0 Å². The van der Waals surface area contributed by atoms with Crippen LogP contribution in [0.3, 0.4) is 0 Å². The number of piperidine rings is 1. The minimum absolute atomic E-state index is 0.0133. The van der Waals surface area contributed by atoms with Crippen molar-refractivity contribution in [3.63, 3.8) is 0 Å². The maximum atomic E-state index is 13.1. The van der Waals surface area contributed by atoms with Crippen molar-refractivity contribution < 1.29 is 14.3 Å². The SMILES string of the molecule is COCCCNC(=O)c1nc(C(=O)N2CCCC(C)C2)c2n1CCCC2. The van der Waals surface area contributed by atoms with Gasteiger partial charge in [-0.15, -0.1) is 0 Å². The molecule has 0 spiro atoms. The Morgan fingerprint density at radius 1 is 1.27 bits per heavy atom. The van der Waals surface area contributed by atoms with Crippen LogP contribution in [0.25, 0.3) is 0 Å². The minimum atomic E-state index is -0.199. The summed E-state index contributed by atoms with van der Waals surface area (Å²) in [5.41, 5.74) is 1.42. The summed E-state index contributed by atoms with van der Waals surface area (Å²) in [6.45, 7) is 5.66. The molecule has 144 valence electrons. The standard InChI is InChI=1S/C19H30N4O3/c1-14-7-5-10-22(13-14)19(25)16-15-8-3-4-11-23(15)17(21-16)18(24)20-9-6-12-26-2/h14H,3-13H2,1-2H3,(H,20,24). The van der Waals surface area contributed by atoms with Crippen molar-refractivity contribution in [1.82, 2.24) is 19.8 Å². The molecule has 3 rings (SSSR count). The first-order valence-corrected chi connectivity index (χ1v) is 9.77. The third-order valence-electron chi connectivity index (χ3n) is 5.28. The maximum absolute atomic E-state index is 13.1. The van der Waals surface area contributed by atoms with E-state index < -0.39 is 0 Å². The van der Waals surface area contributed by atoms with E-state index in [1.54, 1.807) is 7.11 Å². The topological polar surface area (TPSA) is 76.5 Å². The summed E-state index contributed by atoms with van der Waals surface area (Å²) >= 11 is 0. The van der Waals surface area contributed by atoms with E-state index >= 15 is 0 Å². The Bertz CT molecular complexity index is 655. The fourth-order valence-electron chi connectivity index (χ4n) is 3.91. The van der Waals surface area contributed by atoms with Crippen molar-refractivity contribution >= 4 is 11.8 Å². The Balaban J connectivity index is 1.79. The fourth-order valence-corrected chi connectivity index (χ4v) is 3.91. The minimum Gasteiger partial charge on any atom is -0.385 e. The Hall–Kier alpha value is -1.89. The van der Waals surface area contributed by atoms with Crippen LogP contribution in [0.4, 0.5) is 0 Å². The van der Waals surface area contributed by atoms with Gasteiger partial charge in [0.05, 0.1) is 5.69 Å². The van der Waals surface area contributed by atoms with Crippen LogP contribution in [0.1, 0.15) is 65.8 Å². The van der Waals surface area contributed by atoms with Gasteiger partial charge in [0.1, 0.15) is 5.69 Å². The molecular weight excluding hydrogens is 332 g/mol. The largest absolute Gasteiger partial charge is 0.385 e. The van der Waals surface area contributed by atoms with Crippen molar-refractivity contribution in [2.75, 3.05) is 33.4 Å². The van der Waals surface area contributed by atoms with Crippen LogP contribution in [0, 0.1) is 5.92 Å². The highest BCUT2D eigenvalue weighted by Crippen LogP contribution is 2.24. The van der Waals surface area contributed by atoms with Crippen LogP contribution < -0.4 is 5.32 Å². The molecule has 1 unspecified atom stereocenters. The molecule has 1 aromatic heterocycles. The molecule has 0 aliphatic carbocycles. The zero-order chi connectivity index (χ0) is 18.5. The van der Waals surface area contributed by atoms with E-state index in [4.69, 9.17) is 4.74 Å². The smallest absolute Gasteiger partial charge is 0.287 e. The molecule has 1 saturated heterocycles. The molecule has 7 heteroatoms. The quantitative estimate of drug-likeness (QED) is 0.784. The van der Waals surface area contributed by atoms with Crippen molar-refractivity contribution in [2.45, 2.75) is 52.0 Å². The van der Waals surface area contributed by atoms with E-state index in [1.165, 1.54) is 6.42 Å². The first kappa shape index (κ1) is 18.9. The lowest BCUT2D eigenvalue weighted by Crippen LogP contribution is -2.39. The number of fused-ring (bicyclic) bond motifs is 1. The van der Waals surface area contributed by atoms with E-state index in [-0.39, 0.29) is 11.8 Å². The van der Waals surface area contributed by atoms with Gasteiger partial charge in [-0.05, 0) is 44.4 Å². The molecule has 2 amide bonds. The highest BCUT2D eigenvalue weighted by atomic mass is 16.5. The Morgan fingerprint density at radius 2 is 2.12 bits per heavy atom. The second kappa shape index (κ2) is 8.66. The molecule has 0 radical (unpaired) electrons. The van der Waals surface area contributed by atoms with Crippen LogP contribution in [0.2, 0.25) is 0 Å². The molecule has 0 bridgehead atoms. The molecule has 7 nitrogen and oxygen atoms in total.